The number of carbonyl (C=O) groups is 1. The molecule has 100 valence electrons. The molecule has 2 heterocycles. The maximum absolute atomic E-state index is 11.8. The fraction of sp³-hybridized carbons (Fsp3) is 0.167. The SMILES string of the molecule is O=C(NCC(O)c1ccc(Cl)s1)c1ccc(Cl)nc1. The van der Waals surface area contributed by atoms with Crippen molar-refractivity contribution in [1.82, 2.24) is 10.3 Å². The van der Waals surface area contributed by atoms with E-state index in [4.69, 9.17) is 23.2 Å². The van der Waals surface area contributed by atoms with Crippen molar-refractivity contribution in [3.05, 3.63) is 50.4 Å². The van der Waals surface area contributed by atoms with E-state index in [1.54, 1.807) is 18.2 Å². The minimum atomic E-state index is -0.776. The first-order chi connectivity index (χ1) is 9.06. The number of pyridine rings is 1. The minimum absolute atomic E-state index is 0.109. The number of aliphatic hydroxyl groups is 1. The summed E-state index contributed by atoms with van der Waals surface area (Å²) in [7, 11) is 0. The van der Waals surface area contributed by atoms with E-state index < -0.39 is 6.10 Å². The third-order valence-electron chi connectivity index (χ3n) is 2.37. The largest absolute Gasteiger partial charge is 0.386 e. The lowest BCUT2D eigenvalue weighted by Crippen LogP contribution is -2.28. The van der Waals surface area contributed by atoms with Crippen LogP contribution in [0.2, 0.25) is 9.49 Å². The molecule has 2 aromatic rings. The van der Waals surface area contributed by atoms with Gasteiger partial charge >= 0.3 is 0 Å². The molecule has 0 aliphatic carbocycles. The molecule has 2 rings (SSSR count). The predicted molar refractivity (Wildman–Crippen MR) is 75.9 cm³/mol. The van der Waals surface area contributed by atoms with Gasteiger partial charge in [0.25, 0.3) is 5.91 Å². The number of hydrogen-bond donors (Lipinski definition) is 2. The zero-order valence-corrected chi connectivity index (χ0v) is 12.0. The van der Waals surface area contributed by atoms with Crippen LogP contribution in [0.1, 0.15) is 21.3 Å². The van der Waals surface area contributed by atoms with E-state index in [2.05, 4.69) is 10.3 Å². The van der Waals surface area contributed by atoms with Gasteiger partial charge in [0.1, 0.15) is 11.3 Å². The Bertz CT molecular complexity index is 571. The van der Waals surface area contributed by atoms with Crippen LogP contribution in [0.4, 0.5) is 0 Å². The van der Waals surface area contributed by atoms with Gasteiger partial charge in [-0.25, -0.2) is 4.98 Å². The topological polar surface area (TPSA) is 62.2 Å². The van der Waals surface area contributed by atoms with Crippen molar-refractivity contribution >= 4 is 40.4 Å². The summed E-state index contributed by atoms with van der Waals surface area (Å²) in [5, 5.41) is 12.8. The number of carbonyl (C=O) groups excluding carboxylic acids is 1. The van der Waals surface area contributed by atoms with Crippen LogP contribution in [0.15, 0.2) is 30.5 Å². The Balaban J connectivity index is 1.91. The molecular formula is C12H10Cl2N2O2S. The second-order valence-corrected chi connectivity index (χ2v) is 5.87. The minimum Gasteiger partial charge on any atom is -0.386 e. The van der Waals surface area contributed by atoms with Crippen LogP contribution < -0.4 is 5.32 Å². The molecule has 0 aliphatic heterocycles. The van der Waals surface area contributed by atoms with E-state index >= 15 is 0 Å². The zero-order valence-electron chi connectivity index (χ0n) is 9.64. The summed E-state index contributed by atoms with van der Waals surface area (Å²) in [6.45, 7) is 0.109. The third kappa shape index (κ3) is 3.91. The van der Waals surface area contributed by atoms with Crippen LogP contribution in [0.25, 0.3) is 0 Å². The summed E-state index contributed by atoms with van der Waals surface area (Å²) in [4.78, 5) is 16.3. The summed E-state index contributed by atoms with van der Waals surface area (Å²) >= 11 is 12.7. The summed E-state index contributed by atoms with van der Waals surface area (Å²) in [5.74, 6) is -0.314. The smallest absolute Gasteiger partial charge is 0.252 e. The molecule has 0 saturated heterocycles. The van der Waals surface area contributed by atoms with Gasteiger partial charge in [-0.2, -0.15) is 0 Å². The van der Waals surface area contributed by atoms with Crippen molar-refractivity contribution in [2.75, 3.05) is 6.54 Å². The van der Waals surface area contributed by atoms with E-state index in [9.17, 15) is 9.90 Å². The molecule has 0 aliphatic rings. The molecule has 2 N–H and O–H groups in total. The maximum Gasteiger partial charge on any atom is 0.252 e. The molecule has 0 fully saturated rings. The highest BCUT2D eigenvalue weighted by Gasteiger charge is 2.12. The van der Waals surface area contributed by atoms with Crippen molar-refractivity contribution in [1.29, 1.82) is 0 Å². The molecule has 4 nitrogen and oxygen atoms in total. The summed E-state index contributed by atoms with van der Waals surface area (Å²) in [6.07, 6.45) is 0.605. The standard InChI is InChI=1S/C12H10Cl2N2O2S/c13-10-3-1-7(5-15-10)12(18)16-6-8(17)9-2-4-11(14)19-9/h1-5,8,17H,6H2,(H,16,18). The van der Waals surface area contributed by atoms with Crippen molar-refractivity contribution in [2.45, 2.75) is 6.10 Å². The highest BCUT2D eigenvalue weighted by Crippen LogP contribution is 2.26. The number of hydrogen-bond acceptors (Lipinski definition) is 4. The van der Waals surface area contributed by atoms with E-state index in [0.29, 0.717) is 19.9 Å². The summed E-state index contributed by atoms with van der Waals surface area (Å²) < 4.78 is 0.599. The Morgan fingerprint density at radius 3 is 2.74 bits per heavy atom. The van der Waals surface area contributed by atoms with Crippen molar-refractivity contribution in [3.8, 4) is 0 Å². The second kappa shape index (κ2) is 6.34. The molecule has 1 unspecified atom stereocenters. The Morgan fingerprint density at radius 1 is 1.37 bits per heavy atom. The maximum atomic E-state index is 11.8. The number of rotatable bonds is 4. The molecule has 7 heteroatoms. The second-order valence-electron chi connectivity index (χ2n) is 3.74. The van der Waals surface area contributed by atoms with Gasteiger partial charge in [-0.1, -0.05) is 23.2 Å². The Labute approximate surface area is 124 Å². The Hall–Kier alpha value is -1.14. The third-order valence-corrected chi connectivity index (χ3v) is 3.92. The normalized spacial score (nSPS) is 12.2. The lowest BCUT2D eigenvalue weighted by Gasteiger charge is -2.10. The van der Waals surface area contributed by atoms with Crippen molar-refractivity contribution in [2.24, 2.45) is 0 Å². The van der Waals surface area contributed by atoms with Crippen LogP contribution in [0.3, 0.4) is 0 Å². The van der Waals surface area contributed by atoms with Gasteiger partial charge in [0.15, 0.2) is 0 Å². The van der Waals surface area contributed by atoms with Gasteiger partial charge in [0, 0.05) is 17.6 Å². The van der Waals surface area contributed by atoms with Crippen LogP contribution in [0, 0.1) is 0 Å². The molecule has 0 radical (unpaired) electrons. The van der Waals surface area contributed by atoms with E-state index in [-0.39, 0.29) is 12.5 Å². The van der Waals surface area contributed by atoms with Crippen LogP contribution in [0.5, 0.6) is 0 Å². The number of nitrogens with one attached hydrogen (secondary N) is 1. The van der Waals surface area contributed by atoms with Crippen LogP contribution in [-0.4, -0.2) is 22.5 Å². The highest BCUT2D eigenvalue weighted by atomic mass is 35.5. The van der Waals surface area contributed by atoms with Crippen molar-refractivity contribution < 1.29 is 9.90 Å². The first-order valence-corrected chi connectivity index (χ1v) is 6.96. The molecular weight excluding hydrogens is 307 g/mol. The zero-order chi connectivity index (χ0) is 13.8. The first kappa shape index (κ1) is 14.3. The quantitative estimate of drug-likeness (QED) is 0.852. The van der Waals surface area contributed by atoms with Crippen LogP contribution in [-0.2, 0) is 0 Å². The summed E-state index contributed by atoms with van der Waals surface area (Å²) in [6, 6.07) is 6.54. The molecule has 2 aromatic heterocycles. The fourth-order valence-corrected chi connectivity index (χ4v) is 2.57. The van der Waals surface area contributed by atoms with Crippen LogP contribution >= 0.6 is 34.5 Å². The monoisotopic (exact) mass is 316 g/mol. The molecule has 0 saturated carbocycles. The fourth-order valence-electron chi connectivity index (χ4n) is 1.41. The van der Waals surface area contributed by atoms with Gasteiger partial charge in [-0.15, -0.1) is 11.3 Å². The number of aliphatic hydroxyl groups excluding tert-OH is 1. The molecule has 1 amide bonds. The number of aromatic nitrogens is 1. The van der Waals surface area contributed by atoms with Gasteiger partial charge < -0.3 is 10.4 Å². The van der Waals surface area contributed by atoms with E-state index in [0.717, 1.165) is 0 Å². The molecule has 19 heavy (non-hydrogen) atoms. The lowest BCUT2D eigenvalue weighted by atomic mass is 10.2. The Morgan fingerprint density at radius 2 is 2.16 bits per heavy atom. The van der Waals surface area contributed by atoms with Gasteiger partial charge in [-0.3, -0.25) is 4.79 Å². The summed E-state index contributed by atoms with van der Waals surface area (Å²) in [5.41, 5.74) is 0.390. The van der Waals surface area contributed by atoms with Gasteiger partial charge in [-0.05, 0) is 24.3 Å². The molecule has 1 atom stereocenters. The average Bonchev–Trinajstić information content (AvgIpc) is 2.83. The van der Waals surface area contributed by atoms with E-state index in [1.807, 2.05) is 0 Å². The average molecular weight is 317 g/mol. The number of thiophene rings is 1. The Kier molecular flexibility index (Phi) is 4.76. The number of amides is 1. The lowest BCUT2D eigenvalue weighted by molar-refractivity contribution is 0.0917. The highest BCUT2D eigenvalue weighted by molar-refractivity contribution is 7.16. The van der Waals surface area contributed by atoms with Gasteiger partial charge in [0.05, 0.1) is 9.90 Å². The molecule has 0 spiro atoms. The predicted octanol–water partition coefficient (Wildman–Crippen LogP) is 2.91. The number of halogens is 2. The van der Waals surface area contributed by atoms with Gasteiger partial charge in [0.2, 0.25) is 0 Å². The van der Waals surface area contributed by atoms with Crippen molar-refractivity contribution in [3.63, 3.8) is 0 Å². The van der Waals surface area contributed by atoms with E-state index in [1.165, 1.54) is 23.6 Å². The number of nitrogens with zero attached hydrogens (tertiary/aromatic N) is 1. The molecule has 0 aromatic carbocycles. The molecule has 0 bridgehead atoms. The first-order valence-electron chi connectivity index (χ1n) is 5.39.